The molecule has 2 heteroatoms. The molecule has 0 amide bonds. The molecule has 2 saturated carbocycles. The average molecular weight is 232 g/mol. The molecule has 2 aliphatic carbocycles. The highest BCUT2D eigenvalue weighted by molar-refractivity contribution is 5.24. The van der Waals surface area contributed by atoms with Gasteiger partial charge < -0.3 is 10.2 Å². The molecule has 0 saturated heterocycles. The number of fused-ring (bicyclic) bond motifs is 2. The first-order valence-corrected chi connectivity index (χ1v) is 6.61. The maximum Gasteiger partial charge on any atom is 0.0465 e. The predicted molar refractivity (Wildman–Crippen MR) is 66.5 cm³/mol. The molecule has 2 nitrogen and oxygen atoms in total. The van der Waals surface area contributed by atoms with Crippen LogP contribution in [0.4, 0.5) is 0 Å². The summed E-state index contributed by atoms with van der Waals surface area (Å²) in [4.78, 5) is 0. The van der Waals surface area contributed by atoms with Crippen molar-refractivity contribution in [2.75, 3.05) is 13.2 Å². The molecule has 1 aromatic rings. The summed E-state index contributed by atoms with van der Waals surface area (Å²) in [7, 11) is 0. The fraction of sp³-hybridized carbons (Fsp3) is 0.600. The second-order valence-corrected chi connectivity index (χ2v) is 5.61. The standard InChI is InChI=1S/C15H20O2/c16-8-14-11-6-12(10-4-2-1-3-5-10)13(7-11)15(14)9-17/h1-5,11-17H,6-9H2. The second kappa shape index (κ2) is 4.43. The monoisotopic (exact) mass is 232 g/mol. The van der Waals surface area contributed by atoms with Crippen molar-refractivity contribution < 1.29 is 10.2 Å². The number of hydrogen-bond acceptors (Lipinski definition) is 2. The molecular weight excluding hydrogens is 212 g/mol. The Kier molecular flexibility index (Phi) is 2.93. The highest BCUT2D eigenvalue weighted by Gasteiger charge is 2.51. The van der Waals surface area contributed by atoms with Crippen molar-refractivity contribution in [3.05, 3.63) is 35.9 Å². The molecule has 0 spiro atoms. The van der Waals surface area contributed by atoms with Gasteiger partial charge in [0.2, 0.25) is 0 Å². The first-order chi connectivity index (χ1) is 8.35. The Labute approximate surface area is 102 Å². The van der Waals surface area contributed by atoms with Gasteiger partial charge in [-0.25, -0.2) is 0 Å². The minimum absolute atomic E-state index is 0.232. The fourth-order valence-corrected chi connectivity index (χ4v) is 4.24. The average Bonchev–Trinajstić information content (AvgIpc) is 2.96. The Hall–Kier alpha value is -0.860. The van der Waals surface area contributed by atoms with Crippen molar-refractivity contribution in [1.29, 1.82) is 0 Å². The predicted octanol–water partition coefficient (Wildman–Crippen LogP) is 2.03. The lowest BCUT2D eigenvalue weighted by Crippen LogP contribution is -2.31. The minimum atomic E-state index is 0.232. The third-order valence-corrected chi connectivity index (χ3v) is 5.00. The van der Waals surface area contributed by atoms with Crippen LogP contribution in [0.25, 0.3) is 0 Å². The van der Waals surface area contributed by atoms with Crippen molar-refractivity contribution in [3.63, 3.8) is 0 Å². The van der Waals surface area contributed by atoms with Gasteiger partial charge in [-0.05, 0) is 48.0 Å². The summed E-state index contributed by atoms with van der Waals surface area (Å²) in [6, 6.07) is 10.6. The zero-order valence-electron chi connectivity index (χ0n) is 10.00. The Morgan fingerprint density at radius 3 is 2.29 bits per heavy atom. The van der Waals surface area contributed by atoms with E-state index in [-0.39, 0.29) is 13.2 Å². The fourth-order valence-electron chi connectivity index (χ4n) is 4.24. The zero-order valence-corrected chi connectivity index (χ0v) is 10.00. The van der Waals surface area contributed by atoms with Gasteiger partial charge >= 0.3 is 0 Å². The largest absolute Gasteiger partial charge is 0.396 e. The molecule has 2 fully saturated rings. The SMILES string of the molecule is OCC1C2CC(c3ccccc3)C(C2)C1CO. The number of aliphatic hydroxyl groups excluding tert-OH is 2. The van der Waals surface area contributed by atoms with E-state index in [1.807, 2.05) is 0 Å². The van der Waals surface area contributed by atoms with Crippen molar-refractivity contribution in [1.82, 2.24) is 0 Å². The Morgan fingerprint density at radius 2 is 1.65 bits per heavy atom. The van der Waals surface area contributed by atoms with Gasteiger partial charge in [-0.15, -0.1) is 0 Å². The minimum Gasteiger partial charge on any atom is -0.396 e. The van der Waals surface area contributed by atoms with Crippen LogP contribution in [0.5, 0.6) is 0 Å². The second-order valence-electron chi connectivity index (χ2n) is 5.61. The molecule has 0 radical (unpaired) electrons. The molecule has 0 heterocycles. The summed E-state index contributed by atoms with van der Waals surface area (Å²) in [5.41, 5.74) is 1.41. The number of benzene rings is 1. The quantitative estimate of drug-likeness (QED) is 0.837. The maximum absolute atomic E-state index is 9.54. The molecule has 2 aliphatic rings. The highest BCUT2D eigenvalue weighted by Crippen LogP contribution is 2.58. The van der Waals surface area contributed by atoms with Crippen LogP contribution in [-0.4, -0.2) is 23.4 Å². The first-order valence-electron chi connectivity index (χ1n) is 6.61. The number of hydrogen-bond donors (Lipinski definition) is 2. The third-order valence-electron chi connectivity index (χ3n) is 5.00. The Morgan fingerprint density at radius 1 is 0.941 bits per heavy atom. The smallest absolute Gasteiger partial charge is 0.0465 e. The lowest BCUT2D eigenvalue weighted by Gasteiger charge is -2.34. The molecule has 0 aliphatic heterocycles. The molecule has 5 unspecified atom stereocenters. The van der Waals surface area contributed by atoms with Gasteiger partial charge in [0.1, 0.15) is 0 Å². The lowest BCUT2D eigenvalue weighted by atomic mass is 9.72. The van der Waals surface area contributed by atoms with Gasteiger partial charge in [-0.1, -0.05) is 30.3 Å². The zero-order chi connectivity index (χ0) is 11.8. The summed E-state index contributed by atoms with van der Waals surface area (Å²) < 4.78 is 0. The van der Waals surface area contributed by atoms with Gasteiger partial charge in [0.25, 0.3) is 0 Å². The molecule has 1 aromatic carbocycles. The summed E-state index contributed by atoms with van der Waals surface area (Å²) in [6.07, 6.45) is 2.38. The van der Waals surface area contributed by atoms with E-state index in [1.54, 1.807) is 0 Å². The molecule has 2 N–H and O–H groups in total. The summed E-state index contributed by atoms with van der Waals surface area (Å²) in [5.74, 6) is 2.44. The highest BCUT2D eigenvalue weighted by atomic mass is 16.3. The van der Waals surface area contributed by atoms with E-state index in [0.717, 1.165) is 0 Å². The normalized spacial score (nSPS) is 39.8. The van der Waals surface area contributed by atoms with E-state index >= 15 is 0 Å². The van der Waals surface area contributed by atoms with Gasteiger partial charge in [-0.3, -0.25) is 0 Å². The lowest BCUT2D eigenvalue weighted by molar-refractivity contribution is 0.0704. The van der Waals surface area contributed by atoms with E-state index in [1.165, 1.54) is 18.4 Å². The summed E-state index contributed by atoms with van der Waals surface area (Å²) in [6.45, 7) is 0.476. The van der Waals surface area contributed by atoms with E-state index in [2.05, 4.69) is 30.3 Å². The summed E-state index contributed by atoms with van der Waals surface area (Å²) >= 11 is 0. The van der Waals surface area contributed by atoms with Crippen LogP contribution in [0.15, 0.2) is 30.3 Å². The van der Waals surface area contributed by atoms with E-state index < -0.39 is 0 Å². The molecule has 17 heavy (non-hydrogen) atoms. The van der Waals surface area contributed by atoms with E-state index in [9.17, 15) is 10.2 Å². The van der Waals surface area contributed by atoms with Crippen LogP contribution >= 0.6 is 0 Å². The third kappa shape index (κ3) is 1.71. The van der Waals surface area contributed by atoms with Gasteiger partial charge in [0, 0.05) is 13.2 Å². The summed E-state index contributed by atoms with van der Waals surface area (Å²) in [5, 5.41) is 19.0. The molecular formula is C15H20O2. The van der Waals surface area contributed by atoms with Gasteiger partial charge in [0.15, 0.2) is 0 Å². The van der Waals surface area contributed by atoms with Crippen LogP contribution in [0, 0.1) is 23.7 Å². The van der Waals surface area contributed by atoms with Crippen molar-refractivity contribution in [2.24, 2.45) is 23.7 Å². The molecule has 3 rings (SSSR count). The van der Waals surface area contributed by atoms with Gasteiger partial charge in [-0.2, -0.15) is 0 Å². The maximum atomic E-state index is 9.54. The van der Waals surface area contributed by atoms with E-state index in [0.29, 0.717) is 29.6 Å². The first kappa shape index (κ1) is 11.2. The Bertz CT molecular complexity index is 376. The van der Waals surface area contributed by atoms with E-state index in [4.69, 9.17) is 0 Å². The van der Waals surface area contributed by atoms with Crippen LogP contribution in [0.2, 0.25) is 0 Å². The number of rotatable bonds is 3. The molecule has 5 atom stereocenters. The molecule has 0 aromatic heterocycles. The van der Waals surface area contributed by atoms with Crippen molar-refractivity contribution in [2.45, 2.75) is 18.8 Å². The van der Waals surface area contributed by atoms with Crippen LogP contribution in [-0.2, 0) is 0 Å². The molecule has 92 valence electrons. The van der Waals surface area contributed by atoms with Crippen LogP contribution in [0.1, 0.15) is 24.3 Å². The number of aliphatic hydroxyl groups is 2. The van der Waals surface area contributed by atoms with Gasteiger partial charge in [0.05, 0.1) is 0 Å². The van der Waals surface area contributed by atoms with Crippen molar-refractivity contribution >= 4 is 0 Å². The van der Waals surface area contributed by atoms with Crippen LogP contribution in [0.3, 0.4) is 0 Å². The van der Waals surface area contributed by atoms with Crippen molar-refractivity contribution in [3.8, 4) is 0 Å². The Balaban J connectivity index is 1.84. The topological polar surface area (TPSA) is 40.5 Å². The molecule has 2 bridgehead atoms. The van der Waals surface area contributed by atoms with Crippen LogP contribution < -0.4 is 0 Å².